The molecule has 0 aromatic carbocycles. The van der Waals surface area contributed by atoms with Crippen molar-refractivity contribution < 1.29 is 4.79 Å². The van der Waals surface area contributed by atoms with Crippen molar-refractivity contribution >= 4 is 5.78 Å². The van der Waals surface area contributed by atoms with Gasteiger partial charge < -0.3 is 5.32 Å². The van der Waals surface area contributed by atoms with Crippen molar-refractivity contribution in [2.24, 2.45) is 0 Å². The Morgan fingerprint density at radius 3 is 2.91 bits per heavy atom. The predicted molar refractivity (Wildman–Crippen MR) is 45.5 cm³/mol. The number of Topliss-reactive ketones (excluding diaryl/α,β-unsaturated/α-hetero) is 1. The van der Waals surface area contributed by atoms with Gasteiger partial charge in [0.15, 0.2) is 5.78 Å². The molecule has 1 heterocycles. The fourth-order valence-electron chi connectivity index (χ4n) is 1.33. The third-order valence-electron chi connectivity index (χ3n) is 2.07. The largest absolute Gasteiger partial charge is 0.314 e. The highest BCUT2D eigenvalue weighted by Crippen LogP contribution is 2.10. The van der Waals surface area contributed by atoms with Crippen molar-refractivity contribution in [3.63, 3.8) is 0 Å². The number of rotatable bonds is 3. The lowest BCUT2D eigenvalue weighted by atomic mass is 10.1. The molecule has 2 heteroatoms. The number of ketones is 1. The van der Waals surface area contributed by atoms with Gasteiger partial charge in [-0.15, -0.1) is 0 Å². The molecular weight excluding hydrogens is 138 g/mol. The van der Waals surface area contributed by atoms with Gasteiger partial charge in [0.1, 0.15) is 0 Å². The number of carbonyl (C=O) groups is 1. The summed E-state index contributed by atoms with van der Waals surface area (Å²) in [7, 11) is 0. The summed E-state index contributed by atoms with van der Waals surface area (Å²) in [5, 5.41) is 3.28. The number of hydrogen-bond acceptors (Lipinski definition) is 2. The Balaban J connectivity index is 2.29. The third kappa shape index (κ3) is 2.46. The summed E-state index contributed by atoms with van der Waals surface area (Å²) < 4.78 is 0. The van der Waals surface area contributed by atoms with Crippen LogP contribution in [0.2, 0.25) is 0 Å². The number of nitrogens with one attached hydrogen (secondary N) is 1. The molecule has 1 saturated heterocycles. The Labute approximate surface area is 67.7 Å². The first-order valence-corrected chi connectivity index (χ1v) is 4.12. The SMILES string of the molecule is C=C(C)C(=O)CC1CCCN1. The molecule has 1 unspecified atom stereocenters. The van der Waals surface area contributed by atoms with Crippen LogP contribution in [0.15, 0.2) is 12.2 Å². The first-order chi connectivity index (χ1) is 5.20. The third-order valence-corrected chi connectivity index (χ3v) is 2.07. The lowest BCUT2D eigenvalue weighted by Crippen LogP contribution is -2.24. The second-order valence-electron chi connectivity index (χ2n) is 3.20. The molecular formula is C9H15NO. The van der Waals surface area contributed by atoms with Gasteiger partial charge in [-0.3, -0.25) is 4.79 Å². The van der Waals surface area contributed by atoms with Gasteiger partial charge in [0.05, 0.1) is 0 Å². The standard InChI is InChI=1S/C9H15NO/c1-7(2)9(11)6-8-4-3-5-10-8/h8,10H,1,3-6H2,2H3. The van der Waals surface area contributed by atoms with E-state index in [4.69, 9.17) is 0 Å². The van der Waals surface area contributed by atoms with Gasteiger partial charge in [0.2, 0.25) is 0 Å². The van der Waals surface area contributed by atoms with Gasteiger partial charge in [-0.25, -0.2) is 0 Å². The lowest BCUT2D eigenvalue weighted by molar-refractivity contribution is -0.115. The summed E-state index contributed by atoms with van der Waals surface area (Å²) in [5.74, 6) is 0.199. The monoisotopic (exact) mass is 153 g/mol. The Morgan fingerprint density at radius 1 is 1.73 bits per heavy atom. The minimum atomic E-state index is 0.199. The molecule has 0 bridgehead atoms. The van der Waals surface area contributed by atoms with Crippen molar-refractivity contribution in [3.05, 3.63) is 12.2 Å². The molecule has 1 aliphatic rings. The topological polar surface area (TPSA) is 29.1 Å². The van der Waals surface area contributed by atoms with Crippen LogP contribution in [0.1, 0.15) is 26.2 Å². The zero-order valence-electron chi connectivity index (χ0n) is 7.02. The maximum atomic E-state index is 11.2. The van der Waals surface area contributed by atoms with Crippen molar-refractivity contribution in [1.82, 2.24) is 5.32 Å². The van der Waals surface area contributed by atoms with E-state index in [1.54, 1.807) is 6.92 Å². The zero-order valence-corrected chi connectivity index (χ0v) is 7.02. The second kappa shape index (κ2) is 3.67. The molecule has 1 rings (SSSR count). The molecule has 0 aromatic heterocycles. The van der Waals surface area contributed by atoms with Crippen molar-refractivity contribution in [2.45, 2.75) is 32.2 Å². The first-order valence-electron chi connectivity index (χ1n) is 4.12. The Kier molecular flexibility index (Phi) is 2.83. The van der Waals surface area contributed by atoms with Gasteiger partial charge in [0, 0.05) is 12.5 Å². The molecule has 1 atom stereocenters. The Morgan fingerprint density at radius 2 is 2.45 bits per heavy atom. The summed E-state index contributed by atoms with van der Waals surface area (Å²) >= 11 is 0. The average molecular weight is 153 g/mol. The highest BCUT2D eigenvalue weighted by atomic mass is 16.1. The minimum absolute atomic E-state index is 0.199. The minimum Gasteiger partial charge on any atom is -0.314 e. The fraction of sp³-hybridized carbons (Fsp3) is 0.667. The van der Waals surface area contributed by atoms with Gasteiger partial charge in [-0.1, -0.05) is 6.58 Å². The lowest BCUT2D eigenvalue weighted by Gasteiger charge is -2.07. The van der Waals surface area contributed by atoms with Crippen LogP contribution in [0.5, 0.6) is 0 Å². The number of carbonyl (C=O) groups excluding carboxylic acids is 1. The van der Waals surface area contributed by atoms with Gasteiger partial charge in [-0.05, 0) is 31.9 Å². The summed E-state index contributed by atoms with van der Waals surface area (Å²) in [6.45, 7) is 6.46. The van der Waals surface area contributed by atoms with Gasteiger partial charge in [-0.2, -0.15) is 0 Å². The molecule has 1 N–H and O–H groups in total. The second-order valence-corrected chi connectivity index (χ2v) is 3.20. The molecule has 0 radical (unpaired) electrons. The normalized spacial score (nSPS) is 23.5. The van der Waals surface area contributed by atoms with E-state index in [0.29, 0.717) is 18.0 Å². The molecule has 0 aliphatic carbocycles. The van der Waals surface area contributed by atoms with E-state index in [9.17, 15) is 4.79 Å². The van der Waals surface area contributed by atoms with Gasteiger partial charge in [0.25, 0.3) is 0 Å². The van der Waals surface area contributed by atoms with E-state index in [2.05, 4.69) is 11.9 Å². The van der Waals surface area contributed by atoms with Crippen LogP contribution in [0.25, 0.3) is 0 Å². The van der Waals surface area contributed by atoms with Crippen molar-refractivity contribution in [3.8, 4) is 0 Å². The van der Waals surface area contributed by atoms with Crippen LogP contribution in [-0.4, -0.2) is 18.4 Å². The van der Waals surface area contributed by atoms with E-state index in [0.717, 1.165) is 13.0 Å². The smallest absolute Gasteiger partial charge is 0.159 e. The number of allylic oxidation sites excluding steroid dienone is 1. The van der Waals surface area contributed by atoms with E-state index in [1.165, 1.54) is 6.42 Å². The molecule has 62 valence electrons. The maximum absolute atomic E-state index is 11.2. The van der Waals surface area contributed by atoms with Crippen molar-refractivity contribution in [1.29, 1.82) is 0 Å². The van der Waals surface area contributed by atoms with E-state index in [-0.39, 0.29) is 5.78 Å². The molecule has 0 saturated carbocycles. The van der Waals surface area contributed by atoms with Gasteiger partial charge >= 0.3 is 0 Å². The average Bonchev–Trinajstić information content (AvgIpc) is 2.39. The Bertz CT molecular complexity index is 168. The summed E-state index contributed by atoms with van der Waals surface area (Å²) in [6.07, 6.45) is 2.97. The van der Waals surface area contributed by atoms with Crippen LogP contribution in [0, 0.1) is 0 Å². The first kappa shape index (κ1) is 8.47. The number of hydrogen-bond donors (Lipinski definition) is 1. The quantitative estimate of drug-likeness (QED) is 0.619. The Hall–Kier alpha value is -0.630. The van der Waals surface area contributed by atoms with E-state index in [1.807, 2.05) is 0 Å². The maximum Gasteiger partial charge on any atom is 0.159 e. The summed E-state index contributed by atoms with van der Waals surface area (Å²) in [6, 6.07) is 0.416. The fourth-order valence-corrected chi connectivity index (χ4v) is 1.33. The van der Waals surface area contributed by atoms with E-state index < -0.39 is 0 Å². The molecule has 0 aromatic rings. The molecule has 0 amide bonds. The molecule has 11 heavy (non-hydrogen) atoms. The molecule has 1 aliphatic heterocycles. The predicted octanol–water partition coefficient (Wildman–Crippen LogP) is 1.27. The summed E-state index contributed by atoms with van der Waals surface area (Å²) in [4.78, 5) is 11.2. The van der Waals surface area contributed by atoms with Crippen molar-refractivity contribution in [2.75, 3.05) is 6.54 Å². The van der Waals surface area contributed by atoms with Crippen LogP contribution in [0.4, 0.5) is 0 Å². The highest BCUT2D eigenvalue weighted by molar-refractivity contribution is 5.94. The zero-order chi connectivity index (χ0) is 8.27. The molecule has 2 nitrogen and oxygen atoms in total. The molecule has 0 spiro atoms. The van der Waals surface area contributed by atoms with Crippen LogP contribution >= 0.6 is 0 Å². The van der Waals surface area contributed by atoms with Crippen LogP contribution in [0.3, 0.4) is 0 Å². The van der Waals surface area contributed by atoms with Crippen LogP contribution < -0.4 is 5.32 Å². The molecule has 1 fully saturated rings. The summed E-state index contributed by atoms with van der Waals surface area (Å²) in [5.41, 5.74) is 0.679. The highest BCUT2D eigenvalue weighted by Gasteiger charge is 2.17. The van der Waals surface area contributed by atoms with Crippen LogP contribution in [-0.2, 0) is 4.79 Å². The van der Waals surface area contributed by atoms with E-state index >= 15 is 0 Å².